The summed E-state index contributed by atoms with van der Waals surface area (Å²) in [4.78, 5) is 25.7. The van der Waals surface area contributed by atoms with Crippen molar-refractivity contribution in [3.05, 3.63) is 70.7 Å². The molecule has 0 bridgehead atoms. The lowest BCUT2D eigenvalue weighted by molar-refractivity contribution is -0.131. The third-order valence-corrected chi connectivity index (χ3v) is 4.48. The number of nitrogens with zero attached hydrogens (tertiary/aromatic N) is 1. The first-order valence-electron chi connectivity index (χ1n) is 8.69. The second-order valence-electron chi connectivity index (χ2n) is 6.74. The number of carbonyl (C=O) groups excluding carboxylic acids is 2. The highest BCUT2D eigenvalue weighted by atomic mass is 16.5. The van der Waals surface area contributed by atoms with Crippen LogP contribution in [-0.2, 0) is 22.6 Å². The van der Waals surface area contributed by atoms with Gasteiger partial charge in [0.1, 0.15) is 11.5 Å². The summed E-state index contributed by atoms with van der Waals surface area (Å²) in [5.74, 6) is -0.966. The van der Waals surface area contributed by atoms with E-state index in [4.69, 9.17) is 4.74 Å². The lowest BCUT2D eigenvalue weighted by Gasteiger charge is -2.15. The smallest absolute Gasteiger partial charge is 0.337 e. The Kier molecular flexibility index (Phi) is 6.45. The van der Waals surface area contributed by atoms with Crippen molar-refractivity contribution in [1.82, 2.24) is 4.90 Å². The molecule has 6 heteroatoms. The summed E-state index contributed by atoms with van der Waals surface area (Å²) in [7, 11) is 1.32. The maximum absolute atomic E-state index is 12.5. The van der Waals surface area contributed by atoms with E-state index in [-0.39, 0.29) is 29.8 Å². The maximum Gasteiger partial charge on any atom is 0.337 e. The minimum Gasteiger partial charge on any atom is -0.512 e. The van der Waals surface area contributed by atoms with E-state index in [2.05, 4.69) is 6.58 Å². The van der Waals surface area contributed by atoms with Crippen molar-refractivity contribution in [2.24, 2.45) is 5.92 Å². The summed E-state index contributed by atoms with van der Waals surface area (Å²) in [5.41, 5.74) is 2.87. The van der Waals surface area contributed by atoms with Gasteiger partial charge >= 0.3 is 5.97 Å². The molecule has 1 amide bonds. The van der Waals surface area contributed by atoms with E-state index < -0.39 is 5.97 Å². The van der Waals surface area contributed by atoms with Crippen LogP contribution in [-0.4, -0.2) is 34.1 Å². The van der Waals surface area contributed by atoms with E-state index in [1.54, 1.807) is 23.1 Å². The average Bonchev–Trinajstić information content (AvgIpc) is 3.04. The number of benzene rings is 1. The molecular weight excluding hydrogens is 346 g/mol. The van der Waals surface area contributed by atoms with Crippen LogP contribution in [0.15, 0.2) is 54.0 Å². The van der Waals surface area contributed by atoms with Gasteiger partial charge in [0, 0.05) is 19.2 Å². The number of methoxy groups -OCH3 is 1. The van der Waals surface area contributed by atoms with Crippen LogP contribution in [0.3, 0.4) is 0 Å². The molecule has 0 saturated heterocycles. The predicted octanol–water partition coefficient (Wildman–Crippen LogP) is 3.80. The summed E-state index contributed by atoms with van der Waals surface area (Å²) in [6.07, 6.45) is 2.50. The average molecular weight is 371 g/mol. The van der Waals surface area contributed by atoms with Crippen molar-refractivity contribution >= 4 is 11.9 Å². The maximum atomic E-state index is 12.5. The fraction of sp³-hybridized carbons (Fsp3) is 0.333. The molecule has 0 radical (unpaired) electrons. The normalized spacial score (nSPS) is 14.7. The zero-order valence-electron chi connectivity index (χ0n) is 15.9. The number of hydrogen-bond donors (Lipinski definition) is 2. The van der Waals surface area contributed by atoms with E-state index in [1.165, 1.54) is 19.3 Å². The zero-order chi connectivity index (χ0) is 20.1. The Balaban J connectivity index is 2.08. The summed E-state index contributed by atoms with van der Waals surface area (Å²) in [6, 6.07) is 5.19. The molecule has 27 heavy (non-hydrogen) atoms. The molecular formula is C21H25NO5. The number of hydrogen-bond acceptors (Lipinski definition) is 5. The number of aliphatic hydroxyl groups is 2. The van der Waals surface area contributed by atoms with Gasteiger partial charge in [-0.25, -0.2) is 4.79 Å². The molecule has 0 saturated carbocycles. The minimum absolute atomic E-state index is 0.0411. The minimum atomic E-state index is -0.423. The number of esters is 1. The van der Waals surface area contributed by atoms with Gasteiger partial charge in [-0.1, -0.05) is 32.6 Å². The summed E-state index contributed by atoms with van der Waals surface area (Å²) in [6.45, 7) is 8.21. The van der Waals surface area contributed by atoms with Gasteiger partial charge in [-0.2, -0.15) is 0 Å². The number of aliphatic hydroxyl groups excluding tert-OH is 2. The highest BCUT2D eigenvalue weighted by Gasteiger charge is 2.25. The van der Waals surface area contributed by atoms with Crippen molar-refractivity contribution in [2.45, 2.75) is 33.4 Å². The molecule has 2 N–H and O–H groups in total. The first-order valence-corrected chi connectivity index (χ1v) is 8.69. The van der Waals surface area contributed by atoms with Gasteiger partial charge in [0.25, 0.3) is 0 Å². The second-order valence-corrected chi connectivity index (χ2v) is 6.74. The lowest BCUT2D eigenvalue weighted by Crippen LogP contribution is -2.25. The molecule has 1 heterocycles. The number of ether oxygens (including phenoxy) is 1. The Hall–Kier alpha value is -3.02. The monoisotopic (exact) mass is 371 g/mol. The summed E-state index contributed by atoms with van der Waals surface area (Å²) < 4.78 is 4.71. The van der Waals surface area contributed by atoms with Crippen LogP contribution in [0.2, 0.25) is 0 Å². The number of amides is 1. The molecule has 1 aromatic carbocycles. The van der Waals surface area contributed by atoms with E-state index in [9.17, 15) is 19.8 Å². The van der Waals surface area contributed by atoms with Crippen LogP contribution in [0, 0.1) is 5.92 Å². The molecule has 0 fully saturated rings. The van der Waals surface area contributed by atoms with Gasteiger partial charge in [-0.15, -0.1) is 0 Å². The van der Waals surface area contributed by atoms with Gasteiger partial charge in [0.05, 0.1) is 19.1 Å². The van der Waals surface area contributed by atoms with Crippen LogP contribution in [0.4, 0.5) is 0 Å². The molecule has 2 rings (SSSR count). The topological polar surface area (TPSA) is 87.1 Å². The predicted molar refractivity (Wildman–Crippen MR) is 102 cm³/mol. The number of carbonyl (C=O) groups is 2. The van der Waals surface area contributed by atoms with E-state index >= 15 is 0 Å². The number of rotatable bonds is 6. The quantitative estimate of drug-likeness (QED) is 0.451. The molecule has 0 aromatic heterocycles. The third-order valence-electron chi connectivity index (χ3n) is 4.48. The van der Waals surface area contributed by atoms with Gasteiger partial charge in [0.15, 0.2) is 0 Å². The standard InChI is InChI=1S/C21H25NO5/c1-5-18(13(2)3)19(24)9-17(23)10-20(25)22-11-15-7-6-14(21(26)27-4)8-16(15)12-22/h5-9,13,23-24H,1,10-12H2,2-4H3/b17-9+,19-18-. The Bertz CT molecular complexity index is 820. The second kappa shape index (κ2) is 8.58. The molecule has 0 spiro atoms. The third kappa shape index (κ3) is 4.78. The van der Waals surface area contributed by atoms with Crippen molar-refractivity contribution in [3.8, 4) is 0 Å². The van der Waals surface area contributed by atoms with Crippen LogP contribution in [0.25, 0.3) is 0 Å². The SMILES string of the molecule is C=C/C(=C(O)\C=C(\O)CC(=O)N1Cc2ccc(C(=O)OC)cc2C1)C(C)C. The lowest BCUT2D eigenvalue weighted by atomic mass is 10.0. The summed E-state index contributed by atoms with van der Waals surface area (Å²) in [5, 5.41) is 20.1. The molecule has 1 aromatic rings. The van der Waals surface area contributed by atoms with Crippen LogP contribution < -0.4 is 0 Å². The highest BCUT2D eigenvalue weighted by molar-refractivity contribution is 5.89. The fourth-order valence-electron chi connectivity index (χ4n) is 3.01. The van der Waals surface area contributed by atoms with Gasteiger partial charge in [0.2, 0.25) is 5.91 Å². The Labute approximate surface area is 159 Å². The van der Waals surface area contributed by atoms with Crippen LogP contribution in [0.5, 0.6) is 0 Å². The molecule has 0 atom stereocenters. The van der Waals surface area contributed by atoms with Crippen molar-refractivity contribution in [2.75, 3.05) is 7.11 Å². The molecule has 144 valence electrons. The first-order chi connectivity index (χ1) is 12.8. The Morgan fingerprint density at radius 3 is 2.52 bits per heavy atom. The van der Waals surface area contributed by atoms with Crippen LogP contribution >= 0.6 is 0 Å². The molecule has 1 aliphatic heterocycles. The Morgan fingerprint density at radius 1 is 1.26 bits per heavy atom. The fourth-order valence-corrected chi connectivity index (χ4v) is 3.01. The van der Waals surface area contributed by atoms with E-state index in [0.29, 0.717) is 24.2 Å². The van der Waals surface area contributed by atoms with Crippen LogP contribution in [0.1, 0.15) is 41.8 Å². The van der Waals surface area contributed by atoms with Gasteiger partial charge < -0.3 is 19.8 Å². The van der Waals surface area contributed by atoms with Crippen molar-refractivity contribution < 1.29 is 24.5 Å². The first kappa shape index (κ1) is 20.3. The number of fused-ring (bicyclic) bond motifs is 1. The van der Waals surface area contributed by atoms with E-state index in [0.717, 1.165) is 11.1 Å². The Morgan fingerprint density at radius 2 is 1.93 bits per heavy atom. The summed E-state index contributed by atoms with van der Waals surface area (Å²) >= 11 is 0. The molecule has 6 nitrogen and oxygen atoms in total. The molecule has 0 aliphatic carbocycles. The van der Waals surface area contributed by atoms with Crippen molar-refractivity contribution in [1.29, 1.82) is 0 Å². The zero-order valence-corrected chi connectivity index (χ0v) is 15.9. The molecule has 0 unspecified atom stereocenters. The number of allylic oxidation sites excluding steroid dienone is 3. The van der Waals surface area contributed by atoms with E-state index in [1.807, 2.05) is 13.8 Å². The largest absolute Gasteiger partial charge is 0.512 e. The highest BCUT2D eigenvalue weighted by Crippen LogP contribution is 2.25. The van der Waals surface area contributed by atoms with Crippen molar-refractivity contribution in [3.63, 3.8) is 0 Å². The van der Waals surface area contributed by atoms with Gasteiger partial charge in [-0.05, 0) is 34.8 Å². The molecule has 1 aliphatic rings. The van der Waals surface area contributed by atoms with Gasteiger partial charge in [-0.3, -0.25) is 4.79 Å².